The number of rotatable bonds is 1. The van der Waals surface area contributed by atoms with Crippen LogP contribution in [0, 0.1) is 12.3 Å². The molecule has 62 valence electrons. The van der Waals surface area contributed by atoms with Crippen molar-refractivity contribution in [2.24, 2.45) is 0 Å². The van der Waals surface area contributed by atoms with Crippen LogP contribution < -0.4 is 0 Å². The first-order chi connectivity index (χ1) is 6.40. The van der Waals surface area contributed by atoms with Gasteiger partial charge in [0.2, 0.25) is 0 Å². The molecule has 2 heterocycles. The third-order valence-electron chi connectivity index (χ3n) is 1.46. The first-order valence-corrected chi connectivity index (χ1v) is 4.42. The zero-order valence-corrected chi connectivity index (χ0v) is 7.45. The number of terminal acetylenes is 1. The monoisotopic (exact) mass is 187 g/mol. The maximum Gasteiger partial charge on any atom is 0.191 e. The Morgan fingerprint density at radius 2 is 2.31 bits per heavy atom. The Labute approximate surface area is 79.5 Å². The highest BCUT2D eigenvalue weighted by molar-refractivity contribution is 7.15. The molecule has 0 saturated carbocycles. The molecule has 0 fully saturated rings. The summed E-state index contributed by atoms with van der Waals surface area (Å²) in [7, 11) is 0. The number of hydrogen-bond donors (Lipinski definition) is 0. The van der Waals surface area contributed by atoms with Crippen LogP contribution in [0.5, 0.6) is 0 Å². The van der Waals surface area contributed by atoms with Crippen LogP contribution >= 0.6 is 11.3 Å². The fourth-order valence-corrected chi connectivity index (χ4v) is 1.53. The molecule has 13 heavy (non-hydrogen) atoms. The Kier molecular flexibility index (Phi) is 2.02. The maximum atomic E-state index is 5.18. The van der Waals surface area contributed by atoms with Crippen LogP contribution in [0.15, 0.2) is 24.5 Å². The lowest BCUT2D eigenvalue weighted by atomic mass is 10.3. The summed E-state index contributed by atoms with van der Waals surface area (Å²) >= 11 is 1.39. The van der Waals surface area contributed by atoms with E-state index in [1.54, 1.807) is 12.4 Å². The zero-order chi connectivity index (χ0) is 9.10. The van der Waals surface area contributed by atoms with Crippen LogP contribution in [-0.4, -0.2) is 15.2 Å². The quantitative estimate of drug-likeness (QED) is 0.636. The standard InChI is InChI=1S/C9H5N3S/c1-2-8-11-12-9(13-8)7-4-3-5-10-6-7/h1,3-6H. The summed E-state index contributed by atoms with van der Waals surface area (Å²) in [5.74, 6) is 2.44. The largest absolute Gasteiger partial charge is 0.264 e. The minimum Gasteiger partial charge on any atom is -0.264 e. The molecule has 0 aromatic carbocycles. The van der Waals surface area contributed by atoms with Crippen molar-refractivity contribution in [3.63, 3.8) is 0 Å². The van der Waals surface area contributed by atoms with Gasteiger partial charge in [-0.3, -0.25) is 4.98 Å². The third kappa shape index (κ3) is 1.55. The Balaban J connectivity index is 2.43. The second kappa shape index (κ2) is 3.33. The fraction of sp³-hybridized carbons (Fsp3) is 0. The summed E-state index contributed by atoms with van der Waals surface area (Å²) in [6, 6.07) is 3.78. The normalized spacial score (nSPS) is 9.46. The number of pyridine rings is 1. The van der Waals surface area contributed by atoms with Gasteiger partial charge in [-0.05, 0) is 18.1 Å². The Morgan fingerprint density at radius 1 is 1.38 bits per heavy atom. The van der Waals surface area contributed by atoms with E-state index in [1.807, 2.05) is 12.1 Å². The maximum absolute atomic E-state index is 5.18. The molecule has 0 aliphatic rings. The Hall–Kier alpha value is -1.73. The molecule has 0 atom stereocenters. The van der Waals surface area contributed by atoms with Crippen LogP contribution in [0.2, 0.25) is 0 Å². The molecule has 0 spiro atoms. The van der Waals surface area contributed by atoms with Gasteiger partial charge in [-0.25, -0.2) is 0 Å². The van der Waals surface area contributed by atoms with Gasteiger partial charge in [-0.15, -0.1) is 16.6 Å². The van der Waals surface area contributed by atoms with E-state index >= 15 is 0 Å². The fourth-order valence-electron chi connectivity index (χ4n) is 0.887. The molecule has 2 aromatic rings. The summed E-state index contributed by atoms with van der Waals surface area (Å²) in [6.07, 6.45) is 8.64. The van der Waals surface area contributed by atoms with E-state index in [4.69, 9.17) is 6.42 Å². The van der Waals surface area contributed by atoms with Gasteiger partial charge in [0.05, 0.1) is 0 Å². The minimum absolute atomic E-state index is 0.596. The van der Waals surface area contributed by atoms with Crippen molar-refractivity contribution in [3.8, 4) is 22.9 Å². The molecular weight excluding hydrogens is 182 g/mol. The average Bonchev–Trinajstić information content (AvgIpc) is 2.67. The number of hydrogen-bond acceptors (Lipinski definition) is 4. The predicted octanol–water partition coefficient (Wildman–Crippen LogP) is 1.58. The smallest absolute Gasteiger partial charge is 0.191 e. The summed E-state index contributed by atoms with van der Waals surface area (Å²) in [5, 5.41) is 9.16. The van der Waals surface area contributed by atoms with E-state index in [9.17, 15) is 0 Å². The van der Waals surface area contributed by atoms with Crippen LogP contribution in [0.3, 0.4) is 0 Å². The predicted molar refractivity (Wildman–Crippen MR) is 51.1 cm³/mol. The summed E-state index contributed by atoms with van der Waals surface area (Å²) in [5.41, 5.74) is 0.946. The van der Waals surface area contributed by atoms with E-state index in [0.29, 0.717) is 5.01 Å². The van der Waals surface area contributed by atoms with E-state index < -0.39 is 0 Å². The Morgan fingerprint density at radius 3 is 2.92 bits per heavy atom. The summed E-state index contributed by atoms with van der Waals surface area (Å²) in [4.78, 5) is 3.98. The first kappa shape index (κ1) is 7.90. The lowest BCUT2D eigenvalue weighted by molar-refractivity contribution is 1.08. The summed E-state index contributed by atoms with van der Waals surface area (Å²) in [6.45, 7) is 0. The third-order valence-corrected chi connectivity index (χ3v) is 2.36. The van der Waals surface area contributed by atoms with Crippen LogP contribution in [0.4, 0.5) is 0 Å². The molecular formula is C9H5N3S. The second-order valence-electron chi connectivity index (χ2n) is 2.30. The van der Waals surface area contributed by atoms with Crippen molar-refractivity contribution in [2.75, 3.05) is 0 Å². The number of aromatic nitrogens is 3. The van der Waals surface area contributed by atoms with E-state index in [-0.39, 0.29) is 0 Å². The second-order valence-corrected chi connectivity index (χ2v) is 3.28. The lowest BCUT2D eigenvalue weighted by Crippen LogP contribution is -1.77. The van der Waals surface area contributed by atoms with Crippen molar-refractivity contribution in [1.29, 1.82) is 0 Å². The van der Waals surface area contributed by atoms with Crippen LogP contribution in [0.1, 0.15) is 5.01 Å². The average molecular weight is 187 g/mol. The lowest BCUT2D eigenvalue weighted by Gasteiger charge is -1.89. The minimum atomic E-state index is 0.596. The van der Waals surface area contributed by atoms with Gasteiger partial charge < -0.3 is 0 Å². The molecule has 0 unspecified atom stereocenters. The van der Waals surface area contributed by atoms with E-state index in [2.05, 4.69) is 21.1 Å². The highest BCUT2D eigenvalue weighted by Gasteiger charge is 2.03. The molecule has 0 saturated heterocycles. The first-order valence-electron chi connectivity index (χ1n) is 3.60. The van der Waals surface area contributed by atoms with Crippen molar-refractivity contribution < 1.29 is 0 Å². The highest BCUT2D eigenvalue weighted by Crippen LogP contribution is 2.21. The zero-order valence-electron chi connectivity index (χ0n) is 6.64. The molecule has 0 bridgehead atoms. The topological polar surface area (TPSA) is 38.7 Å². The van der Waals surface area contributed by atoms with Crippen LogP contribution in [-0.2, 0) is 0 Å². The van der Waals surface area contributed by atoms with Gasteiger partial charge in [0.25, 0.3) is 0 Å². The molecule has 2 aromatic heterocycles. The van der Waals surface area contributed by atoms with Crippen molar-refractivity contribution in [1.82, 2.24) is 15.2 Å². The summed E-state index contributed by atoms with van der Waals surface area (Å²) < 4.78 is 0. The molecule has 2 rings (SSSR count). The van der Waals surface area contributed by atoms with Crippen LogP contribution in [0.25, 0.3) is 10.6 Å². The molecule has 0 aliphatic heterocycles. The number of nitrogens with zero attached hydrogens (tertiary/aromatic N) is 3. The molecule has 0 aliphatic carbocycles. The molecule has 3 nitrogen and oxygen atoms in total. The van der Waals surface area contributed by atoms with E-state index in [0.717, 1.165) is 10.6 Å². The Bertz CT molecular complexity index is 441. The molecule has 0 N–H and O–H groups in total. The highest BCUT2D eigenvalue weighted by atomic mass is 32.1. The van der Waals surface area contributed by atoms with Gasteiger partial charge >= 0.3 is 0 Å². The van der Waals surface area contributed by atoms with Gasteiger partial charge in [0.15, 0.2) is 5.01 Å². The van der Waals surface area contributed by atoms with Gasteiger partial charge in [-0.2, -0.15) is 0 Å². The van der Waals surface area contributed by atoms with Crippen molar-refractivity contribution in [3.05, 3.63) is 29.5 Å². The van der Waals surface area contributed by atoms with Gasteiger partial charge in [0.1, 0.15) is 5.01 Å². The van der Waals surface area contributed by atoms with Crippen molar-refractivity contribution in [2.45, 2.75) is 0 Å². The molecule has 4 heteroatoms. The van der Waals surface area contributed by atoms with Gasteiger partial charge in [0, 0.05) is 18.0 Å². The molecule has 0 radical (unpaired) electrons. The SMILES string of the molecule is C#Cc1nnc(-c2cccnc2)s1. The van der Waals surface area contributed by atoms with Gasteiger partial charge in [-0.1, -0.05) is 11.3 Å². The van der Waals surface area contributed by atoms with E-state index in [1.165, 1.54) is 11.3 Å². The molecule has 0 amide bonds. The van der Waals surface area contributed by atoms with Crippen molar-refractivity contribution >= 4 is 11.3 Å².